The number of hydrogen-bond acceptors (Lipinski definition) is 1. The van der Waals surface area contributed by atoms with Gasteiger partial charge >= 0.3 is 32.7 Å². The summed E-state index contributed by atoms with van der Waals surface area (Å²) in [7, 11) is 0. The van der Waals surface area contributed by atoms with Crippen molar-refractivity contribution in [3.8, 4) is 0 Å². The average Bonchev–Trinajstić information content (AvgIpc) is 2.32. The summed E-state index contributed by atoms with van der Waals surface area (Å²) in [5.74, 6) is 0.0370. The number of hydrogen-bond donors (Lipinski definition) is 0. The predicted octanol–water partition coefficient (Wildman–Crippen LogP) is 2.55. The van der Waals surface area contributed by atoms with Crippen molar-refractivity contribution in [1.29, 1.82) is 0 Å². The van der Waals surface area contributed by atoms with Crippen LogP contribution in [0.2, 0.25) is 0 Å². The molecule has 0 aliphatic carbocycles. The van der Waals surface area contributed by atoms with Crippen molar-refractivity contribution >= 4 is 5.91 Å². The number of amides is 1. The Morgan fingerprint density at radius 1 is 1.35 bits per heavy atom. The second-order valence-corrected chi connectivity index (χ2v) is 3.25. The zero-order chi connectivity index (χ0) is 12.4. The Kier molecular flexibility index (Phi) is 13.8. The van der Waals surface area contributed by atoms with Gasteiger partial charge in [-0.1, -0.05) is 13.3 Å². The van der Waals surface area contributed by atoms with Crippen molar-refractivity contribution in [2.75, 3.05) is 13.1 Å². The van der Waals surface area contributed by atoms with Crippen molar-refractivity contribution < 1.29 is 37.5 Å². The third-order valence-corrected chi connectivity index (χ3v) is 2.14. The fourth-order valence-corrected chi connectivity index (χ4v) is 1.08. The van der Waals surface area contributed by atoms with E-state index < -0.39 is 0 Å². The molecule has 0 saturated heterocycles. The summed E-state index contributed by atoms with van der Waals surface area (Å²) in [5.41, 5.74) is 1.28. The van der Waals surface area contributed by atoms with Gasteiger partial charge in [-0.05, 0) is 0 Å². The second kappa shape index (κ2) is 12.3. The van der Waals surface area contributed by atoms with E-state index in [4.69, 9.17) is 0 Å². The first-order chi connectivity index (χ1) is 7.65. The molecule has 17 heavy (non-hydrogen) atoms. The summed E-state index contributed by atoms with van der Waals surface area (Å²) in [6.07, 6.45) is 1.08. The first-order valence-corrected chi connectivity index (χ1v) is 5.45. The van der Waals surface area contributed by atoms with E-state index in [0.29, 0.717) is 13.1 Å². The molecule has 1 amide bonds. The van der Waals surface area contributed by atoms with Crippen LogP contribution in [0.5, 0.6) is 0 Å². The van der Waals surface area contributed by atoms with Crippen molar-refractivity contribution in [2.24, 2.45) is 0 Å². The second-order valence-electron chi connectivity index (χ2n) is 3.25. The van der Waals surface area contributed by atoms with Crippen LogP contribution in [0.15, 0.2) is 24.3 Å². The predicted molar refractivity (Wildman–Crippen MR) is 67.6 cm³/mol. The minimum Gasteiger partial charge on any atom is -0.403 e. The van der Waals surface area contributed by atoms with Gasteiger partial charge in [0.2, 0.25) is 5.91 Å². The molecule has 0 heterocycles. The third-order valence-electron chi connectivity index (χ3n) is 2.14. The molecule has 0 atom stereocenters. The van der Waals surface area contributed by atoms with Gasteiger partial charge in [-0.3, -0.25) is 4.79 Å². The van der Waals surface area contributed by atoms with Crippen molar-refractivity contribution in [3.63, 3.8) is 0 Å². The van der Waals surface area contributed by atoms with Crippen molar-refractivity contribution in [2.45, 2.75) is 20.3 Å². The van der Waals surface area contributed by atoms with Crippen LogP contribution in [0.4, 0.5) is 0 Å². The Hall–Kier alpha value is -0.206. The molecular weight excluding hydrogens is 287 g/mol. The maximum atomic E-state index is 10.5. The number of aryl methyl sites for hydroxylation is 1. The Balaban J connectivity index is 0. The summed E-state index contributed by atoms with van der Waals surface area (Å²) in [6, 6.07) is 11.2. The number of benzene rings is 1. The van der Waals surface area contributed by atoms with Crippen LogP contribution in [0.1, 0.15) is 19.4 Å². The minimum absolute atomic E-state index is 0. The number of nitrogens with zero attached hydrogens (tertiary/aromatic N) is 1. The van der Waals surface area contributed by atoms with Gasteiger partial charge in [-0.15, -0.1) is 13.1 Å². The molecule has 1 aromatic rings. The molecule has 0 unspecified atom stereocenters. The maximum Gasteiger partial charge on any atom is 3.00 e. The molecule has 1 aromatic carbocycles. The summed E-state index contributed by atoms with van der Waals surface area (Å²) in [6.45, 7) is 11.8. The largest absolute Gasteiger partial charge is 3.00 e. The van der Waals surface area contributed by atoms with E-state index in [1.807, 2.05) is 18.2 Å². The molecule has 0 saturated carbocycles. The maximum absolute atomic E-state index is 10.5. The molecule has 0 bridgehead atoms. The van der Waals surface area contributed by atoms with E-state index in [-0.39, 0.29) is 38.6 Å². The Morgan fingerprint density at radius 2 is 1.94 bits per heavy atom. The van der Waals surface area contributed by atoms with Gasteiger partial charge < -0.3 is 18.7 Å². The molecule has 0 N–H and O–H groups in total. The summed E-state index contributed by atoms with van der Waals surface area (Å²) in [5, 5.41) is 0. The van der Waals surface area contributed by atoms with Gasteiger partial charge in [-0.2, -0.15) is 35.9 Å². The Labute approximate surface area is 131 Å². The van der Waals surface area contributed by atoms with E-state index in [0.717, 1.165) is 6.42 Å². The van der Waals surface area contributed by atoms with Crippen LogP contribution < -0.4 is 0 Å². The molecule has 0 spiro atoms. The average molecular weight is 307 g/mol. The Bertz CT molecular complexity index is 284. The number of carbonyl (C=O) groups is 1. The quantitative estimate of drug-likeness (QED) is 0.786. The number of rotatable bonds is 3. The van der Waals surface area contributed by atoms with Gasteiger partial charge in [0.05, 0.1) is 0 Å². The van der Waals surface area contributed by atoms with E-state index in [9.17, 15) is 4.79 Å². The minimum atomic E-state index is 0. The van der Waals surface area contributed by atoms with Gasteiger partial charge in [-0.25, -0.2) is 0 Å². The van der Waals surface area contributed by atoms with Crippen molar-refractivity contribution in [3.05, 3.63) is 49.7 Å². The first kappa shape index (κ1) is 19.1. The first-order valence-electron chi connectivity index (χ1n) is 5.45. The fraction of sp³-hybridized carbons (Fsp3) is 0.357. The van der Waals surface area contributed by atoms with Crippen LogP contribution in [0.25, 0.3) is 0 Å². The topological polar surface area (TPSA) is 20.3 Å². The summed E-state index contributed by atoms with van der Waals surface area (Å²) >= 11 is 0. The van der Waals surface area contributed by atoms with E-state index in [1.54, 1.807) is 4.90 Å². The smallest absolute Gasteiger partial charge is 0.403 e. The molecule has 0 aliphatic heterocycles. The molecule has 0 aliphatic rings. The zero-order valence-electron chi connectivity index (χ0n) is 10.8. The van der Waals surface area contributed by atoms with Gasteiger partial charge in [0.25, 0.3) is 0 Å². The Morgan fingerprint density at radius 3 is 2.12 bits per heavy atom. The van der Waals surface area contributed by atoms with Crippen LogP contribution in [0.3, 0.4) is 0 Å². The number of carbonyl (C=O) groups excluding carboxylic acids is 1. The summed E-state index contributed by atoms with van der Waals surface area (Å²) < 4.78 is 0. The molecule has 1 rings (SSSR count). The SMILES string of the molecule is CCc1[c-]cccc1.[CH2-]CN(C[CH2-])C(C)=O.[Y+3]. The van der Waals surface area contributed by atoms with Gasteiger partial charge in [0.15, 0.2) is 0 Å². The molecule has 0 fully saturated rings. The van der Waals surface area contributed by atoms with Crippen LogP contribution in [-0.4, -0.2) is 23.9 Å². The van der Waals surface area contributed by atoms with Crippen LogP contribution >= 0.6 is 0 Å². The zero-order valence-corrected chi connectivity index (χ0v) is 13.6. The molecule has 0 radical (unpaired) electrons. The fourth-order valence-electron chi connectivity index (χ4n) is 1.08. The van der Waals surface area contributed by atoms with Crippen LogP contribution in [0, 0.1) is 19.9 Å². The van der Waals surface area contributed by atoms with Gasteiger partial charge in [0, 0.05) is 6.92 Å². The molecule has 90 valence electrons. The van der Waals surface area contributed by atoms with E-state index >= 15 is 0 Å². The van der Waals surface area contributed by atoms with Crippen LogP contribution in [-0.2, 0) is 43.9 Å². The van der Waals surface area contributed by atoms with Crippen molar-refractivity contribution in [1.82, 2.24) is 4.90 Å². The standard InChI is InChI=1S/C8H9.C6H11NO.Y/c1-2-8-6-4-3-5-7-8;1-4-7(5-2)6(3)8;/h3-6H,2H2,1H3;1-2,4-5H2,3H3;/q-1;-2;+3. The molecule has 0 aromatic heterocycles. The van der Waals surface area contributed by atoms with E-state index in [1.165, 1.54) is 12.5 Å². The molecule has 2 nitrogen and oxygen atoms in total. The monoisotopic (exact) mass is 307 g/mol. The summed E-state index contributed by atoms with van der Waals surface area (Å²) in [4.78, 5) is 12.0. The van der Waals surface area contributed by atoms with E-state index in [2.05, 4.69) is 32.9 Å². The van der Waals surface area contributed by atoms with Gasteiger partial charge in [0.1, 0.15) is 0 Å². The molecular formula is C14H20NOY. The molecule has 3 heteroatoms. The third kappa shape index (κ3) is 9.49. The normalized spacial score (nSPS) is 8.47.